The van der Waals surface area contributed by atoms with Crippen LogP contribution >= 0.6 is 0 Å². The smallest absolute Gasteiger partial charge is 0.319 e. The van der Waals surface area contributed by atoms with Crippen LogP contribution in [0.2, 0.25) is 0 Å². The van der Waals surface area contributed by atoms with Gasteiger partial charge in [-0.05, 0) is 12.8 Å². The molecular weight excluding hydrogens is 212 g/mol. The number of carbonyl (C=O) groups excluding carboxylic acids is 2. The average Bonchev–Trinajstić information content (AvgIpc) is 2.96. The van der Waals surface area contributed by atoms with Crippen LogP contribution in [0.15, 0.2) is 0 Å². The van der Waals surface area contributed by atoms with Crippen molar-refractivity contribution < 1.29 is 19.5 Å². The molecule has 6 heteroatoms. The van der Waals surface area contributed by atoms with Crippen LogP contribution in [-0.4, -0.2) is 60.4 Å². The Balaban J connectivity index is 2.62. The van der Waals surface area contributed by atoms with Crippen LogP contribution in [0.5, 0.6) is 0 Å². The second-order valence-electron chi connectivity index (χ2n) is 4.34. The zero-order valence-corrected chi connectivity index (χ0v) is 9.69. The zero-order valence-electron chi connectivity index (χ0n) is 9.69. The summed E-state index contributed by atoms with van der Waals surface area (Å²) in [6.07, 6.45) is 0.726. The van der Waals surface area contributed by atoms with E-state index in [0.717, 1.165) is 0 Å². The first kappa shape index (κ1) is 12.5. The topological polar surface area (TPSA) is 77.9 Å². The van der Waals surface area contributed by atoms with Crippen LogP contribution in [0, 0.1) is 5.41 Å². The maximum Gasteiger partial charge on any atom is 0.319 e. The Bertz CT molecular complexity index is 334. The highest BCUT2D eigenvalue weighted by Crippen LogP contribution is 2.47. The fourth-order valence-electron chi connectivity index (χ4n) is 1.43. The summed E-state index contributed by atoms with van der Waals surface area (Å²) in [6, 6.07) is 0. The molecule has 1 aliphatic carbocycles. The van der Waals surface area contributed by atoms with Gasteiger partial charge in [-0.25, -0.2) is 0 Å². The zero-order chi connectivity index (χ0) is 12.5. The van der Waals surface area contributed by atoms with E-state index in [-0.39, 0.29) is 12.5 Å². The lowest BCUT2D eigenvalue weighted by Crippen LogP contribution is -2.43. The third-order valence-corrected chi connectivity index (χ3v) is 2.79. The predicted octanol–water partition coefficient (Wildman–Crippen LogP) is -0.602. The molecule has 2 amide bonds. The third-order valence-electron chi connectivity index (χ3n) is 2.79. The number of likely N-dealkylation sites (N-methyl/N-ethyl adjacent to an activating group) is 2. The molecule has 0 aliphatic heterocycles. The Morgan fingerprint density at radius 2 is 1.69 bits per heavy atom. The number of hydrogen-bond donors (Lipinski definition) is 1. The largest absolute Gasteiger partial charge is 0.480 e. The monoisotopic (exact) mass is 228 g/mol. The fourth-order valence-corrected chi connectivity index (χ4v) is 1.43. The molecule has 0 unspecified atom stereocenters. The van der Waals surface area contributed by atoms with Gasteiger partial charge in [0, 0.05) is 21.1 Å². The second-order valence-corrected chi connectivity index (χ2v) is 4.34. The molecule has 0 bridgehead atoms. The predicted molar refractivity (Wildman–Crippen MR) is 55.6 cm³/mol. The van der Waals surface area contributed by atoms with E-state index in [0.29, 0.717) is 12.8 Å². The van der Waals surface area contributed by atoms with E-state index < -0.39 is 17.3 Å². The first-order valence-corrected chi connectivity index (χ1v) is 5.00. The number of carboxylic acid groups (broad SMARTS) is 1. The highest BCUT2D eigenvalue weighted by Gasteiger charge is 2.58. The van der Waals surface area contributed by atoms with Crippen LogP contribution < -0.4 is 0 Å². The number of carboxylic acids is 1. The third kappa shape index (κ3) is 2.15. The summed E-state index contributed by atoms with van der Waals surface area (Å²) in [7, 11) is 4.63. The van der Waals surface area contributed by atoms with Gasteiger partial charge in [0.05, 0.1) is 6.54 Å². The van der Waals surface area contributed by atoms with Gasteiger partial charge in [0.25, 0.3) is 0 Å². The molecule has 0 aromatic carbocycles. The quantitative estimate of drug-likeness (QED) is 0.652. The van der Waals surface area contributed by atoms with Crippen molar-refractivity contribution in [2.45, 2.75) is 12.8 Å². The van der Waals surface area contributed by atoms with E-state index in [1.165, 1.54) is 16.8 Å². The van der Waals surface area contributed by atoms with Crippen molar-refractivity contribution in [1.82, 2.24) is 9.80 Å². The Kier molecular flexibility index (Phi) is 3.21. The lowest BCUT2D eigenvalue weighted by atomic mass is 10.1. The van der Waals surface area contributed by atoms with Crippen molar-refractivity contribution in [2.75, 3.05) is 27.7 Å². The van der Waals surface area contributed by atoms with Gasteiger partial charge in [-0.2, -0.15) is 0 Å². The molecule has 0 spiro atoms. The van der Waals surface area contributed by atoms with E-state index in [1.807, 2.05) is 0 Å². The van der Waals surface area contributed by atoms with E-state index in [4.69, 9.17) is 5.11 Å². The molecule has 6 nitrogen and oxygen atoms in total. The van der Waals surface area contributed by atoms with Crippen LogP contribution in [0.4, 0.5) is 0 Å². The second kappa shape index (κ2) is 4.11. The summed E-state index contributed by atoms with van der Waals surface area (Å²) in [5, 5.41) is 8.92. The van der Waals surface area contributed by atoms with Gasteiger partial charge in [-0.1, -0.05) is 0 Å². The van der Waals surface area contributed by atoms with Crippen LogP contribution in [0.25, 0.3) is 0 Å². The molecule has 90 valence electrons. The van der Waals surface area contributed by atoms with Crippen molar-refractivity contribution in [3.8, 4) is 0 Å². The van der Waals surface area contributed by atoms with Gasteiger partial charge >= 0.3 is 5.97 Å². The fraction of sp³-hybridized carbons (Fsp3) is 0.700. The van der Waals surface area contributed by atoms with Gasteiger partial charge in [-0.3, -0.25) is 14.4 Å². The molecular formula is C10H16N2O4. The van der Waals surface area contributed by atoms with Gasteiger partial charge in [0.1, 0.15) is 5.41 Å². The minimum Gasteiger partial charge on any atom is -0.480 e. The average molecular weight is 228 g/mol. The molecule has 0 saturated heterocycles. The summed E-state index contributed by atoms with van der Waals surface area (Å²) < 4.78 is 0. The molecule has 0 atom stereocenters. The molecule has 1 N–H and O–H groups in total. The summed E-state index contributed by atoms with van der Waals surface area (Å²) in [5.74, 6) is -1.80. The summed E-state index contributed by atoms with van der Waals surface area (Å²) in [6.45, 7) is -0.0825. The number of carbonyl (C=O) groups is 3. The number of nitrogens with zero attached hydrogens (tertiary/aromatic N) is 2. The van der Waals surface area contributed by atoms with Crippen LogP contribution in [-0.2, 0) is 14.4 Å². The minimum atomic E-state index is -1.26. The molecule has 1 fully saturated rings. The molecule has 0 heterocycles. The molecule has 1 rings (SSSR count). The summed E-state index contributed by atoms with van der Waals surface area (Å²) in [5.41, 5.74) is -1.26. The maximum atomic E-state index is 11.8. The molecule has 1 aliphatic rings. The van der Waals surface area contributed by atoms with Crippen molar-refractivity contribution in [2.24, 2.45) is 5.41 Å². The van der Waals surface area contributed by atoms with E-state index >= 15 is 0 Å². The van der Waals surface area contributed by atoms with E-state index in [1.54, 1.807) is 14.1 Å². The highest BCUT2D eigenvalue weighted by molar-refractivity contribution is 6.05. The van der Waals surface area contributed by atoms with Crippen LogP contribution in [0.3, 0.4) is 0 Å². The van der Waals surface area contributed by atoms with Gasteiger partial charge in [0.2, 0.25) is 11.8 Å². The summed E-state index contributed by atoms with van der Waals surface area (Å²) in [4.78, 5) is 36.6. The number of aliphatic carboxylic acids is 1. The Hall–Kier alpha value is -1.59. The van der Waals surface area contributed by atoms with Gasteiger partial charge in [-0.15, -0.1) is 0 Å². The van der Waals surface area contributed by atoms with E-state index in [2.05, 4.69) is 0 Å². The molecule has 16 heavy (non-hydrogen) atoms. The summed E-state index contributed by atoms with van der Waals surface area (Å²) >= 11 is 0. The normalized spacial score (nSPS) is 16.4. The Morgan fingerprint density at radius 3 is 2.00 bits per heavy atom. The number of amides is 2. The lowest BCUT2D eigenvalue weighted by molar-refractivity contribution is -0.154. The van der Waals surface area contributed by atoms with Crippen molar-refractivity contribution in [1.29, 1.82) is 0 Å². The molecule has 0 aromatic rings. The highest BCUT2D eigenvalue weighted by atomic mass is 16.4. The first-order chi connectivity index (χ1) is 7.31. The molecule has 0 aromatic heterocycles. The number of hydrogen-bond acceptors (Lipinski definition) is 3. The van der Waals surface area contributed by atoms with Crippen molar-refractivity contribution >= 4 is 17.8 Å². The van der Waals surface area contributed by atoms with Crippen molar-refractivity contribution in [3.05, 3.63) is 0 Å². The molecule has 0 radical (unpaired) electrons. The SMILES string of the molecule is CN(C)C(=O)CN(C)C(=O)C1(C(=O)O)CC1. The maximum absolute atomic E-state index is 11.8. The Morgan fingerprint density at radius 1 is 1.19 bits per heavy atom. The van der Waals surface area contributed by atoms with Gasteiger partial charge in [0.15, 0.2) is 0 Å². The van der Waals surface area contributed by atoms with Crippen LogP contribution in [0.1, 0.15) is 12.8 Å². The lowest BCUT2D eigenvalue weighted by Gasteiger charge is -2.22. The minimum absolute atomic E-state index is 0.0825. The number of rotatable bonds is 4. The van der Waals surface area contributed by atoms with Crippen molar-refractivity contribution in [3.63, 3.8) is 0 Å². The first-order valence-electron chi connectivity index (χ1n) is 5.00. The standard InChI is InChI=1S/C10H16N2O4/c1-11(2)7(13)6-12(3)8(14)10(4-5-10)9(15)16/h4-6H2,1-3H3,(H,15,16). The molecule has 1 saturated carbocycles. The van der Waals surface area contributed by atoms with E-state index in [9.17, 15) is 14.4 Å². The Labute approximate surface area is 93.8 Å². The van der Waals surface area contributed by atoms with Gasteiger partial charge < -0.3 is 14.9 Å².